The summed E-state index contributed by atoms with van der Waals surface area (Å²) in [4.78, 5) is 0. The number of hydrogen-bond acceptors (Lipinski definition) is 0. The molecule has 35 radical (unpaired) electrons. The molecule has 0 N–H and O–H groups in total. The van der Waals surface area contributed by atoms with E-state index in [-0.39, 0.29) is 1150 Å². The molecule has 0 saturated heterocycles. The average Bonchev–Trinajstić information content (AvgIpc) is 0. The van der Waals surface area contributed by atoms with Gasteiger partial charge in [-0.2, -0.15) is 0 Å². The van der Waals surface area contributed by atoms with Crippen LogP contribution in [0.3, 0.4) is 0 Å². The second-order valence-electron chi connectivity index (χ2n) is 0. The van der Waals surface area contributed by atoms with Crippen LogP contribution in [0.1, 0.15) is 0 Å². The minimum absolute atomic E-state index is 0. The fourth-order valence-corrected chi connectivity index (χ4v) is 0. The summed E-state index contributed by atoms with van der Waals surface area (Å²) in [5.41, 5.74) is 0. The van der Waals surface area contributed by atoms with Gasteiger partial charge in [-0.15, -0.1) is 0 Å². The molecule has 0 saturated carbocycles. The molecule has 0 aliphatic carbocycles. The van der Waals surface area contributed by atoms with E-state index in [0.717, 1.165) is 0 Å². The molecule has 0 atom stereocenters. The van der Waals surface area contributed by atoms with Crippen molar-refractivity contribution < 1.29 is 1140 Å². The van der Waals surface area contributed by atoms with Crippen LogP contribution < -0.4 is 0 Å². The van der Waals surface area contributed by atoms with Crippen LogP contribution in [0.25, 0.3) is 0 Å². The van der Waals surface area contributed by atoms with Gasteiger partial charge in [0, 0.05) is 1140 Å². The largest absolute Gasteiger partial charge is 0.358 e. The fourth-order valence-electron chi connectivity index (χ4n) is 0. The SMILES string of the molecule is [CH3-].[Y].[Y].[Y].[Y].[Y].[Y].[Y].[Y].[Y].[Y].[Y].[Y].[Y].[Y].[Y].[Y].[Y].[Y].[Y].[Y].[Y].[Y].[Y].[Y].[Y].[Y].[Y].[Y].[Y].[Y].[Y].[Y].[Y].[Y].[Y]. The van der Waals surface area contributed by atoms with Crippen LogP contribution in [0, 0.1) is 7.43 Å². The molecule has 0 aliphatic heterocycles. The van der Waals surface area contributed by atoms with Crippen LogP contribution in [-0.4, -0.2) is 0 Å². The second kappa shape index (κ2) is 260. The monoisotopic (exact) mass is 3130 g/mol. The van der Waals surface area contributed by atoms with Crippen molar-refractivity contribution in [1.29, 1.82) is 0 Å². The Morgan fingerprint density at radius 1 is 0.0556 bits per heavy atom. The topological polar surface area (TPSA) is 0 Å². The second-order valence-corrected chi connectivity index (χ2v) is 0. The van der Waals surface area contributed by atoms with Crippen molar-refractivity contribution in [2.75, 3.05) is 0 Å². The summed E-state index contributed by atoms with van der Waals surface area (Å²) in [7, 11) is 0. The van der Waals surface area contributed by atoms with Crippen molar-refractivity contribution in [3.8, 4) is 0 Å². The van der Waals surface area contributed by atoms with E-state index in [1.165, 1.54) is 0 Å². The van der Waals surface area contributed by atoms with Crippen molar-refractivity contribution in [2.24, 2.45) is 0 Å². The maximum Gasteiger partial charge on any atom is 0 e. The van der Waals surface area contributed by atoms with Crippen LogP contribution in [0.5, 0.6) is 0 Å². The summed E-state index contributed by atoms with van der Waals surface area (Å²) in [5, 5.41) is 0. The van der Waals surface area contributed by atoms with Gasteiger partial charge in [0.25, 0.3) is 0 Å². The van der Waals surface area contributed by atoms with Gasteiger partial charge in [0.1, 0.15) is 0 Å². The molecular formula is CH3Y35-. The first-order valence-electron chi connectivity index (χ1n) is 0. The molecule has 0 bridgehead atoms. The van der Waals surface area contributed by atoms with Crippen LogP contribution in [0.4, 0.5) is 0 Å². The molecule has 0 spiro atoms. The molecule has 0 fully saturated rings. The van der Waals surface area contributed by atoms with Gasteiger partial charge in [-0.05, 0) is 0 Å². The maximum absolute atomic E-state index is 0. The Bertz CT molecular complexity index is 6.59. The molecular weight excluding hydrogens is 3120 g/mol. The summed E-state index contributed by atoms with van der Waals surface area (Å²) < 4.78 is 0. The predicted octanol–water partition coefficient (Wildman–Crippen LogP) is 0.363. The zero-order chi connectivity index (χ0) is 0. The van der Waals surface area contributed by atoms with Gasteiger partial charge in [0.15, 0.2) is 0 Å². The predicted molar refractivity (Wildman–Crippen MR) is 6.41 cm³/mol. The molecule has 0 amide bonds. The molecule has 0 nitrogen and oxygen atoms in total. The van der Waals surface area contributed by atoms with Gasteiger partial charge in [0.05, 0.1) is 0 Å². The number of rotatable bonds is 0. The van der Waals surface area contributed by atoms with E-state index in [2.05, 4.69) is 0 Å². The smallest absolute Gasteiger partial charge is 0 e. The van der Waals surface area contributed by atoms with Gasteiger partial charge in [0.2, 0.25) is 0 Å². The zero-order valence-corrected chi connectivity index (χ0v) is 121. The van der Waals surface area contributed by atoms with E-state index in [4.69, 9.17) is 0 Å². The normalized spacial score (nSPS) is 0. The van der Waals surface area contributed by atoms with Crippen molar-refractivity contribution in [3.63, 3.8) is 0 Å². The standard InChI is InChI=1S/CH3.35Y/h1H3;;;;;;;;;;;;;;;;;;;;;;;;;;;;;;;;;;;/q-1;;;;;;;;;;;;;;;;;;;;;;;;;;;;;;;;;;;. The molecule has 0 aromatic rings. The average molecular weight is 3130 g/mol. The third-order valence-corrected chi connectivity index (χ3v) is 0. The van der Waals surface area contributed by atoms with Crippen molar-refractivity contribution >= 4 is 0 Å². The van der Waals surface area contributed by atoms with Crippen LogP contribution in [-0.2, 0) is 1140 Å². The third-order valence-electron chi connectivity index (χ3n) is 0. The molecule has 0 unspecified atom stereocenters. The Hall–Kier alpha value is 38.6. The minimum Gasteiger partial charge on any atom is -0.358 e. The van der Waals surface area contributed by atoms with Gasteiger partial charge >= 0.3 is 0 Å². The van der Waals surface area contributed by atoms with Gasteiger partial charge < -0.3 is 7.43 Å². The fraction of sp³-hybridized carbons (Fsp3) is 0. The van der Waals surface area contributed by atoms with E-state index in [0.29, 0.717) is 0 Å². The molecule has 35 heteroatoms. The van der Waals surface area contributed by atoms with Gasteiger partial charge in [-0.25, -0.2) is 0 Å². The van der Waals surface area contributed by atoms with Crippen LogP contribution in [0.15, 0.2) is 0 Å². The van der Waals surface area contributed by atoms with Crippen molar-refractivity contribution in [2.45, 2.75) is 0 Å². The zero-order valence-electron chi connectivity index (χ0n) is 21.2. The molecule has 0 rings (SSSR count). The summed E-state index contributed by atoms with van der Waals surface area (Å²) in [6.45, 7) is 0. The molecule has 0 aromatic carbocycles. The summed E-state index contributed by atoms with van der Waals surface area (Å²) in [6, 6.07) is 0. The molecule has 0 heterocycles. The number of hydrogen-bond donors (Lipinski definition) is 0. The van der Waals surface area contributed by atoms with E-state index in [1.54, 1.807) is 0 Å². The maximum atomic E-state index is 0. The third kappa shape index (κ3) is 250. The van der Waals surface area contributed by atoms with Crippen LogP contribution in [0.2, 0.25) is 0 Å². The Labute approximate surface area is 1110 Å². The first kappa shape index (κ1) is 271. The van der Waals surface area contributed by atoms with E-state index < -0.39 is 0 Å². The van der Waals surface area contributed by atoms with Crippen LogP contribution >= 0.6 is 0 Å². The van der Waals surface area contributed by atoms with E-state index in [1.807, 2.05) is 0 Å². The van der Waals surface area contributed by atoms with Gasteiger partial charge in [-0.1, -0.05) is 0 Å². The Kier molecular flexibility index (Phi) is 1960. The van der Waals surface area contributed by atoms with E-state index in [9.17, 15) is 0 Å². The molecule has 113 valence electrons. The minimum atomic E-state index is 0. The summed E-state index contributed by atoms with van der Waals surface area (Å²) in [6.07, 6.45) is 0. The Morgan fingerprint density at radius 3 is 0.0556 bits per heavy atom. The quantitative estimate of drug-likeness (QED) is 0.308. The summed E-state index contributed by atoms with van der Waals surface area (Å²) >= 11 is 0. The molecule has 0 aromatic heterocycles. The Morgan fingerprint density at radius 2 is 0.0556 bits per heavy atom. The van der Waals surface area contributed by atoms with E-state index >= 15 is 0 Å². The summed E-state index contributed by atoms with van der Waals surface area (Å²) in [5.74, 6) is 0. The van der Waals surface area contributed by atoms with Crippen molar-refractivity contribution in [3.05, 3.63) is 7.43 Å². The Balaban J connectivity index is 0. The van der Waals surface area contributed by atoms with Gasteiger partial charge in [-0.3, -0.25) is 0 Å². The molecule has 36 heavy (non-hydrogen) atoms. The van der Waals surface area contributed by atoms with Crippen molar-refractivity contribution in [1.82, 2.24) is 0 Å². The first-order valence-corrected chi connectivity index (χ1v) is 0. The first-order chi connectivity index (χ1) is 0. The molecule has 0 aliphatic rings.